The van der Waals surface area contributed by atoms with E-state index in [1.165, 1.54) is 7.11 Å². The lowest BCUT2D eigenvalue weighted by atomic mass is 10.0. The fourth-order valence-electron chi connectivity index (χ4n) is 4.92. The van der Waals surface area contributed by atoms with Crippen molar-refractivity contribution in [2.24, 2.45) is 5.92 Å². The molecule has 0 radical (unpaired) electrons. The molecule has 3 aromatic carbocycles. The van der Waals surface area contributed by atoms with E-state index < -0.39 is 23.3 Å². The molecule has 0 bridgehead atoms. The first-order valence-electron chi connectivity index (χ1n) is 13.3. The molecular formula is C31H34N2O7S. The quantitative estimate of drug-likeness (QED) is 0.153. The summed E-state index contributed by atoms with van der Waals surface area (Å²) in [4.78, 5) is 25.4. The third kappa shape index (κ3) is 6.51. The number of aryl methyl sites for hydroxylation is 2. The number of esters is 1. The number of carbonyl (C=O) groups excluding carboxylic acids is 2. The number of benzene rings is 3. The van der Waals surface area contributed by atoms with Crippen molar-refractivity contribution in [1.29, 1.82) is 0 Å². The fourth-order valence-corrected chi connectivity index (χ4v) is 5.75. The Balaban J connectivity index is 1.51. The van der Waals surface area contributed by atoms with Crippen molar-refractivity contribution in [3.05, 3.63) is 83.6 Å². The van der Waals surface area contributed by atoms with Crippen molar-refractivity contribution in [2.45, 2.75) is 39.7 Å². The van der Waals surface area contributed by atoms with Gasteiger partial charge in [-0.25, -0.2) is 9.00 Å². The van der Waals surface area contributed by atoms with Crippen LogP contribution in [0.3, 0.4) is 0 Å². The summed E-state index contributed by atoms with van der Waals surface area (Å²) in [5, 5.41) is 13.0. The minimum absolute atomic E-state index is 0.0940. The zero-order valence-corrected chi connectivity index (χ0v) is 24.2. The molecule has 10 heteroatoms. The van der Waals surface area contributed by atoms with E-state index in [0.29, 0.717) is 29.8 Å². The largest absolute Gasteiger partial charge is 0.467 e. The molecule has 2 atom stereocenters. The first-order chi connectivity index (χ1) is 19.7. The molecule has 216 valence electrons. The Morgan fingerprint density at radius 3 is 2.22 bits per heavy atom. The second kappa shape index (κ2) is 13.1. The second-order valence-electron chi connectivity index (χ2n) is 10.0. The Bertz CT molecular complexity index is 1550. The lowest BCUT2D eigenvalue weighted by molar-refractivity contribution is -0.142. The number of aliphatic hydroxyl groups is 1. The van der Waals surface area contributed by atoms with Gasteiger partial charge in [0.25, 0.3) is 17.2 Å². The SMILES string of the molecule is COC(=O)C(C(C)C)N(c1ccc(-c2ccc(NC(=O)c3oc4cccc(CCCO)c4c3C)cc2)cc1)S(=O)O. The van der Waals surface area contributed by atoms with Crippen molar-refractivity contribution in [1.82, 2.24) is 0 Å². The van der Waals surface area contributed by atoms with Crippen LogP contribution in [0.5, 0.6) is 0 Å². The number of furan rings is 1. The van der Waals surface area contributed by atoms with Gasteiger partial charge in [-0.1, -0.05) is 50.2 Å². The maximum Gasteiger partial charge on any atom is 0.329 e. The molecule has 2 unspecified atom stereocenters. The lowest BCUT2D eigenvalue weighted by Crippen LogP contribution is -2.46. The van der Waals surface area contributed by atoms with Gasteiger partial charge in [0, 0.05) is 23.2 Å². The number of methoxy groups -OCH3 is 1. The van der Waals surface area contributed by atoms with Crippen LogP contribution in [0.2, 0.25) is 0 Å². The third-order valence-corrected chi connectivity index (χ3v) is 7.72. The number of anilines is 2. The van der Waals surface area contributed by atoms with E-state index >= 15 is 0 Å². The first-order valence-corrected chi connectivity index (χ1v) is 14.3. The molecule has 9 nitrogen and oxygen atoms in total. The summed E-state index contributed by atoms with van der Waals surface area (Å²) in [6.07, 6.45) is 1.32. The summed E-state index contributed by atoms with van der Waals surface area (Å²) in [5.41, 5.74) is 5.14. The van der Waals surface area contributed by atoms with Crippen LogP contribution in [-0.4, -0.2) is 45.5 Å². The molecule has 1 aromatic heterocycles. The van der Waals surface area contributed by atoms with Crippen molar-refractivity contribution < 1.29 is 32.6 Å². The zero-order chi connectivity index (χ0) is 29.7. The van der Waals surface area contributed by atoms with E-state index in [0.717, 1.165) is 31.9 Å². The molecule has 41 heavy (non-hydrogen) atoms. The number of fused-ring (bicyclic) bond motifs is 1. The molecule has 0 fully saturated rings. The number of hydrogen-bond acceptors (Lipinski definition) is 6. The topological polar surface area (TPSA) is 129 Å². The van der Waals surface area contributed by atoms with E-state index in [1.54, 1.807) is 50.2 Å². The number of amides is 1. The van der Waals surface area contributed by atoms with E-state index in [2.05, 4.69) is 5.32 Å². The Morgan fingerprint density at radius 2 is 1.66 bits per heavy atom. The highest BCUT2D eigenvalue weighted by Gasteiger charge is 2.33. The van der Waals surface area contributed by atoms with Gasteiger partial charge in [-0.05, 0) is 72.7 Å². The molecular weight excluding hydrogens is 544 g/mol. The molecule has 0 aliphatic carbocycles. The average molecular weight is 579 g/mol. The van der Waals surface area contributed by atoms with Crippen molar-refractivity contribution in [3.8, 4) is 11.1 Å². The lowest BCUT2D eigenvalue weighted by Gasteiger charge is -2.30. The smallest absolute Gasteiger partial charge is 0.329 e. The maximum absolute atomic E-state index is 13.1. The Kier molecular flexibility index (Phi) is 9.59. The number of nitrogens with zero attached hydrogens (tertiary/aromatic N) is 1. The van der Waals surface area contributed by atoms with Crippen LogP contribution in [0.25, 0.3) is 22.1 Å². The highest BCUT2D eigenvalue weighted by molar-refractivity contribution is 7.80. The predicted molar refractivity (Wildman–Crippen MR) is 160 cm³/mol. The van der Waals surface area contributed by atoms with Crippen LogP contribution in [0.4, 0.5) is 11.4 Å². The molecule has 0 saturated heterocycles. The molecule has 1 heterocycles. The third-order valence-electron chi connectivity index (χ3n) is 6.94. The second-order valence-corrected chi connectivity index (χ2v) is 10.9. The van der Waals surface area contributed by atoms with E-state index in [-0.39, 0.29) is 24.2 Å². The van der Waals surface area contributed by atoms with E-state index in [1.807, 2.05) is 37.3 Å². The fraction of sp³-hybridized carbons (Fsp3) is 0.290. The van der Waals surface area contributed by atoms with Gasteiger partial charge in [0.05, 0.1) is 12.8 Å². The highest BCUT2D eigenvalue weighted by Crippen LogP contribution is 2.31. The standard InChI is InChI=1S/C31H34N2O7S/c1-19(2)28(31(36)39-4)33(41(37)38)25-16-12-22(13-17-25)21-10-14-24(15-11-21)32-30(35)29-20(3)27-23(8-6-18-34)7-5-9-26(27)40-29/h5,7,9-17,19,28,34H,6,8,18H2,1-4H3,(H,32,35)(H,37,38). The summed E-state index contributed by atoms with van der Waals surface area (Å²) >= 11 is -2.44. The minimum Gasteiger partial charge on any atom is -0.467 e. The highest BCUT2D eigenvalue weighted by atomic mass is 32.2. The normalized spacial score (nSPS) is 12.8. The van der Waals surface area contributed by atoms with Gasteiger partial charge in [0.2, 0.25) is 0 Å². The van der Waals surface area contributed by atoms with Crippen LogP contribution in [0, 0.1) is 12.8 Å². The number of carbonyl (C=O) groups is 2. The van der Waals surface area contributed by atoms with E-state index in [9.17, 15) is 23.5 Å². The van der Waals surface area contributed by atoms with Gasteiger partial charge < -0.3 is 19.6 Å². The maximum atomic E-state index is 13.1. The van der Waals surface area contributed by atoms with Gasteiger partial charge >= 0.3 is 5.97 Å². The van der Waals surface area contributed by atoms with Crippen LogP contribution in [0.1, 0.15) is 41.9 Å². The molecule has 1 amide bonds. The van der Waals surface area contributed by atoms with Gasteiger partial charge in [-0.3, -0.25) is 13.7 Å². The van der Waals surface area contributed by atoms with Gasteiger partial charge in [0.15, 0.2) is 5.76 Å². The number of aliphatic hydroxyl groups excluding tert-OH is 1. The van der Waals surface area contributed by atoms with Crippen LogP contribution < -0.4 is 9.62 Å². The summed E-state index contributed by atoms with van der Waals surface area (Å²) < 4.78 is 34.0. The van der Waals surface area contributed by atoms with E-state index in [4.69, 9.17) is 9.15 Å². The van der Waals surface area contributed by atoms with Crippen molar-refractivity contribution >= 4 is 45.5 Å². The monoisotopic (exact) mass is 578 g/mol. The number of rotatable bonds is 11. The van der Waals surface area contributed by atoms with Gasteiger partial charge in [-0.15, -0.1) is 0 Å². The summed E-state index contributed by atoms with van der Waals surface area (Å²) in [6.45, 7) is 5.51. The number of hydrogen-bond donors (Lipinski definition) is 3. The van der Waals surface area contributed by atoms with Crippen LogP contribution in [0.15, 0.2) is 71.1 Å². The van der Waals surface area contributed by atoms with Gasteiger partial charge in [0.1, 0.15) is 11.6 Å². The Morgan fingerprint density at radius 1 is 1.02 bits per heavy atom. The minimum atomic E-state index is -2.44. The molecule has 3 N–H and O–H groups in total. The summed E-state index contributed by atoms with van der Waals surface area (Å²) in [6, 6.07) is 19.0. The molecule has 4 rings (SSSR count). The van der Waals surface area contributed by atoms with Crippen molar-refractivity contribution in [2.75, 3.05) is 23.3 Å². The zero-order valence-electron chi connectivity index (χ0n) is 23.4. The summed E-state index contributed by atoms with van der Waals surface area (Å²) in [5.74, 6) is -0.971. The number of ether oxygens (including phenoxy) is 1. The first kappa shape index (κ1) is 30.0. The average Bonchev–Trinajstić information content (AvgIpc) is 3.31. The molecule has 0 aliphatic rings. The Hall–Kier alpha value is -3.99. The Labute approximate surface area is 241 Å². The van der Waals surface area contributed by atoms with Crippen molar-refractivity contribution in [3.63, 3.8) is 0 Å². The van der Waals surface area contributed by atoms with Gasteiger partial charge in [-0.2, -0.15) is 0 Å². The molecule has 4 aromatic rings. The summed E-state index contributed by atoms with van der Waals surface area (Å²) in [7, 11) is 1.25. The molecule has 0 spiro atoms. The number of nitrogens with one attached hydrogen (secondary N) is 1. The molecule has 0 aliphatic heterocycles. The predicted octanol–water partition coefficient (Wildman–Crippen LogP) is 5.73. The van der Waals surface area contributed by atoms with Crippen LogP contribution in [-0.2, 0) is 27.2 Å². The molecule has 0 saturated carbocycles. The van der Waals surface area contributed by atoms with Crippen LogP contribution >= 0.6 is 0 Å².